The maximum Gasteiger partial charge on any atom is 0.338 e. The van der Waals surface area contributed by atoms with Crippen LogP contribution >= 0.6 is 0 Å². The summed E-state index contributed by atoms with van der Waals surface area (Å²) < 4.78 is 40.3. The first-order valence-electron chi connectivity index (χ1n) is 17.2. The summed E-state index contributed by atoms with van der Waals surface area (Å²) in [6.07, 6.45) is 2.83. The van der Waals surface area contributed by atoms with Gasteiger partial charge in [-0.05, 0) is 80.4 Å². The van der Waals surface area contributed by atoms with E-state index in [4.69, 9.17) is 33.9 Å². The number of esters is 1. The maximum atomic E-state index is 13.2. The second kappa shape index (κ2) is 15.3. The van der Waals surface area contributed by atoms with Crippen LogP contribution in [0.4, 0.5) is 0 Å². The summed E-state index contributed by atoms with van der Waals surface area (Å²) in [7, 11) is -6.73. The van der Waals surface area contributed by atoms with Crippen LogP contribution < -0.4 is 0 Å². The van der Waals surface area contributed by atoms with Crippen molar-refractivity contribution in [2.75, 3.05) is 0 Å². The Labute approximate surface area is 290 Å². The molecule has 47 heavy (non-hydrogen) atoms. The number of carbonyl (C=O) groups excluding carboxylic acids is 1. The highest BCUT2D eigenvalue weighted by Crippen LogP contribution is 2.44. The fourth-order valence-electron chi connectivity index (χ4n) is 4.62. The van der Waals surface area contributed by atoms with E-state index in [9.17, 15) is 4.79 Å². The molecule has 7 nitrogen and oxygen atoms in total. The molecule has 7 atom stereocenters. The Morgan fingerprint density at radius 2 is 1.34 bits per heavy atom. The molecule has 0 saturated carbocycles. The first-order chi connectivity index (χ1) is 21.1. The molecule has 0 unspecified atom stereocenters. The van der Waals surface area contributed by atoms with Gasteiger partial charge in [0.05, 0.1) is 23.9 Å². The normalized spacial score (nSPS) is 23.8. The van der Waals surface area contributed by atoms with Crippen LogP contribution in [0.25, 0.3) is 0 Å². The number of terminal acetylenes is 1. The smallest absolute Gasteiger partial charge is 0.338 e. The number of benzene rings is 1. The minimum Gasteiger partial charge on any atom is -0.456 e. The van der Waals surface area contributed by atoms with Crippen molar-refractivity contribution < 1.29 is 32.3 Å². The second-order valence-corrected chi connectivity index (χ2v) is 32.1. The summed E-state index contributed by atoms with van der Waals surface area (Å²) in [6.45, 7) is 37.2. The van der Waals surface area contributed by atoms with Crippen LogP contribution in [0, 0.1) is 12.3 Å². The number of carbonyl (C=O) groups is 1. The fourth-order valence-corrected chi connectivity index (χ4v) is 8.53. The molecule has 0 aliphatic carbocycles. The van der Waals surface area contributed by atoms with Crippen LogP contribution in [-0.4, -0.2) is 73.8 Å². The summed E-state index contributed by atoms with van der Waals surface area (Å²) in [6, 6.07) is 8.93. The predicted molar refractivity (Wildman–Crippen MR) is 200 cm³/mol. The van der Waals surface area contributed by atoms with E-state index in [0.29, 0.717) is 12.0 Å². The third-order valence-electron chi connectivity index (χ3n) is 10.9. The molecule has 1 aliphatic rings. The Balaban J connectivity index is 2.51. The van der Waals surface area contributed by atoms with Crippen molar-refractivity contribution in [1.29, 1.82) is 0 Å². The molecule has 1 heterocycles. The molecular weight excluding hydrogens is 641 g/mol. The molecular formula is C37H66O7Si3. The summed E-state index contributed by atoms with van der Waals surface area (Å²) in [5, 5.41) is -0.0740. The van der Waals surface area contributed by atoms with Gasteiger partial charge in [-0.2, -0.15) is 0 Å². The van der Waals surface area contributed by atoms with E-state index in [1.54, 1.807) is 12.1 Å². The van der Waals surface area contributed by atoms with Crippen molar-refractivity contribution in [1.82, 2.24) is 0 Å². The fraction of sp³-hybridized carbons (Fsp3) is 0.757. The molecule has 1 aliphatic heterocycles. The lowest BCUT2D eigenvalue weighted by molar-refractivity contribution is -0.269. The van der Waals surface area contributed by atoms with Crippen LogP contribution in [0.1, 0.15) is 92.9 Å². The van der Waals surface area contributed by atoms with Gasteiger partial charge in [-0.15, -0.1) is 6.42 Å². The van der Waals surface area contributed by atoms with Crippen molar-refractivity contribution in [3.8, 4) is 12.3 Å². The first-order valence-corrected chi connectivity index (χ1v) is 25.9. The minimum absolute atomic E-state index is 0.000675. The van der Waals surface area contributed by atoms with Gasteiger partial charge in [0, 0.05) is 6.42 Å². The highest BCUT2D eigenvalue weighted by molar-refractivity contribution is 6.75. The van der Waals surface area contributed by atoms with Gasteiger partial charge in [-0.1, -0.05) is 86.4 Å². The molecule has 0 radical (unpaired) electrons. The van der Waals surface area contributed by atoms with E-state index < -0.39 is 55.5 Å². The average Bonchev–Trinajstić information content (AvgIpc) is 2.90. The van der Waals surface area contributed by atoms with E-state index in [2.05, 4.69) is 108 Å². The number of ether oxygens (including phenoxy) is 3. The minimum atomic E-state index is -2.34. The van der Waals surface area contributed by atoms with Crippen LogP contribution in [0.15, 0.2) is 30.3 Å². The molecule has 0 bridgehead atoms. The van der Waals surface area contributed by atoms with E-state index in [1.165, 1.54) is 0 Å². The highest BCUT2D eigenvalue weighted by atomic mass is 28.4. The molecule has 0 N–H and O–H groups in total. The van der Waals surface area contributed by atoms with Crippen LogP contribution in [0.3, 0.4) is 0 Å². The molecule has 1 aromatic rings. The molecule has 1 saturated heterocycles. The van der Waals surface area contributed by atoms with Gasteiger partial charge in [0.25, 0.3) is 0 Å². The number of hydrogen-bond donors (Lipinski definition) is 0. The molecule has 10 heteroatoms. The Morgan fingerprint density at radius 3 is 1.81 bits per heavy atom. The van der Waals surface area contributed by atoms with Gasteiger partial charge < -0.3 is 27.5 Å². The molecule has 1 fully saturated rings. The predicted octanol–water partition coefficient (Wildman–Crippen LogP) is 9.56. The molecule has 0 amide bonds. The molecule has 268 valence electrons. The Morgan fingerprint density at radius 1 is 0.851 bits per heavy atom. The third-order valence-corrected chi connectivity index (χ3v) is 24.3. The standard InChI is InChI=1S/C37H66O7Si3/c1-19-29(42-45(13,14)35(4,5)6)32(26(2)40-34(38)28-23-21-20-22-24-28)41-31-25-30(43-46(15,16)36(7,8)9)33(27(3)39-31)44-47(17,18)37(10,11)12/h1,20-24,26-27,29-33H,25H2,2-18H3/t26-,27+,29+,30-,31-,32-,33-/m1/s1. The summed E-state index contributed by atoms with van der Waals surface area (Å²) in [5.74, 6) is 2.40. The summed E-state index contributed by atoms with van der Waals surface area (Å²) in [5.41, 5.74) is 0.455. The number of rotatable bonds is 12. The SMILES string of the molecule is C#C[C@H](O[Si](C)(C)C(C)(C)C)[C@H](O[C@@H]1C[C@@H](O[Si](C)(C)C(C)(C)C)[C@H](O[Si](C)(C)C(C)(C)C)[C@H](C)O1)[C@@H](C)OC(=O)c1ccccc1. The van der Waals surface area contributed by atoms with Gasteiger partial charge in [-0.25, -0.2) is 4.79 Å². The van der Waals surface area contributed by atoms with Crippen molar-refractivity contribution >= 4 is 30.9 Å². The second-order valence-electron chi connectivity index (χ2n) is 17.8. The molecule has 0 spiro atoms. The Kier molecular flexibility index (Phi) is 13.6. The van der Waals surface area contributed by atoms with E-state index in [0.717, 1.165) is 0 Å². The lowest BCUT2D eigenvalue weighted by Gasteiger charge is -2.50. The van der Waals surface area contributed by atoms with Crippen molar-refractivity contribution in [2.24, 2.45) is 0 Å². The van der Waals surface area contributed by atoms with Crippen LogP contribution in [0.2, 0.25) is 54.4 Å². The highest BCUT2D eigenvalue weighted by Gasteiger charge is 2.50. The lowest BCUT2D eigenvalue weighted by Crippen LogP contribution is -2.60. The van der Waals surface area contributed by atoms with Crippen LogP contribution in [0.5, 0.6) is 0 Å². The molecule has 1 aromatic carbocycles. The maximum absolute atomic E-state index is 13.2. The number of hydrogen-bond acceptors (Lipinski definition) is 7. The largest absolute Gasteiger partial charge is 0.456 e. The van der Waals surface area contributed by atoms with Gasteiger partial charge in [0.2, 0.25) is 0 Å². The van der Waals surface area contributed by atoms with Crippen molar-refractivity contribution in [3.05, 3.63) is 35.9 Å². The average molecular weight is 707 g/mol. The third kappa shape index (κ3) is 10.8. The quantitative estimate of drug-likeness (QED) is 0.122. The van der Waals surface area contributed by atoms with Crippen molar-refractivity contribution in [3.63, 3.8) is 0 Å². The Hall–Kier alpha value is -1.30. The van der Waals surface area contributed by atoms with Crippen LogP contribution in [-0.2, 0) is 27.5 Å². The monoisotopic (exact) mass is 706 g/mol. The molecule has 0 aromatic heterocycles. The topological polar surface area (TPSA) is 72.5 Å². The van der Waals surface area contributed by atoms with Gasteiger partial charge in [-0.3, -0.25) is 0 Å². The lowest BCUT2D eigenvalue weighted by atomic mass is 10.0. The summed E-state index contributed by atoms with van der Waals surface area (Å²) >= 11 is 0. The zero-order chi connectivity index (χ0) is 36.4. The van der Waals surface area contributed by atoms with E-state index in [-0.39, 0.29) is 33.4 Å². The van der Waals surface area contributed by atoms with Gasteiger partial charge in [0.1, 0.15) is 18.3 Å². The zero-order valence-electron chi connectivity index (χ0n) is 32.6. The van der Waals surface area contributed by atoms with E-state index in [1.807, 2.05) is 32.0 Å². The first kappa shape index (κ1) is 41.9. The van der Waals surface area contributed by atoms with Gasteiger partial charge in [0.15, 0.2) is 31.2 Å². The van der Waals surface area contributed by atoms with Crippen molar-refractivity contribution in [2.45, 2.75) is 180 Å². The molecule has 2 rings (SSSR count). The van der Waals surface area contributed by atoms with Gasteiger partial charge >= 0.3 is 5.97 Å². The van der Waals surface area contributed by atoms with E-state index >= 15 is 0 Å². The zero-order valence-corrected chi connectivity index (χ0v) is 35.6. The Bertz CT molecular complexity index is 1210. The summed E-state index contributed by atoms with van der Waals surface area (Å²) in [4.78, 5) is 13.2.